The molecule has 0 fully saturated rings. The van der Waals surface area contributed by atoms with Crippen LogP contribution in [0.2, 0.25) is 0 Å². The van der Waals surface area contributed by atoms with Crippen LogP contribution in [0.1, 0.15) is 6.92 Å². The number of nitro groups is 1. The topological polar surface area (TPSA) is 69.4 Å². The summed E-state index contributed by atoms with van der Waals surface area (Å²) in [5.74, 6) is 0.423. The van der Waals surface area contributed by atoms with Crippen LogP contribution in [0.5, 0.6) is 5.75 Å². The minimum atomic E-state index is -0.459. The Kier molecular flexibility index (Phi) is 4.89. The number of ketones is 1. The van der Waals surface area contributed by atoms with Crippen molar-refractivity contribution >= 4 is 56.7 Å². The van der Waals surface area contributed by atoms with Crippen LogP contribution in [0.25, 0.3) is 0 Å². The summed E-state index contributed by atoms with van der Waals surface area (Å²) in [5, 5.41) is 10.6. The number of hydrogen-bond acceptors (Lipinski definition) is 4. The fraction of sp³-hybridized carbons (Fsp3) is 0.222. The summed E-state index contributed by atoms with van der Waals surface area (Å²) in [5.41, 5.74) is 0.0176. The molecule has 0 saturated heterocycles. The first-order valence-electron chi connectivity index (χ1n) is 4.17. The van der Waals surface area contributed by atoms with Gasteiger partial charge in [-0.25, -0.2) is 0 Å². The molecule has 0 saturated carbocycles. The third-order valence-corrected chi connectivity index (χ3v) is 3.22. The van der Waals surface area contributed by atoms with Gasteiger partial charge in [0.05, 0.1) is 12.1 Å². The molecule has 1 aromatic rings. The van der Waals surface area contributed by atoms with Gasteiger partial charge < -0.3 is 4.74 Å². The summed E-state index contributed by atoms with van der Waals surface area (Å²) in [6, 6.07) is 2.83. The van der Waals surface area contributed by atoms with E-state index in [4.69, 9.17) is 4.74 Å². The molecule has 1 aromatic carbocycles. The Labute approximate surface area is 119 Å². The van der Waals surface area contributed by atoms with Gasteiger partial charge in [-0.15, -0.1) is 0 Å². The average Bonchev–Trinajstić information content (AvgIpc) is 2.15. The number of ether oxygens (including phenoxy) is 1. The lowest BCUT2D eigenvalue weighted by molar-refractivity contribution is -0.385. The molecule has 16 heavy (non-hydrogen) atoms. The monoisotopic (exact) mass is 447 g/mol. The predicted molar refractivity (Wildman–Crippen MR) is 74.7 cm³/mol. The second-order valence-electron chi connectivity index (χ2n) is 2.99. The SMILES string of the molecule is CC(=O)COc1c(I)cc([N+](=O)[O-])cc1I. The van der Waals surface area contributed by atoms with Gasteiger partial charge in [-0.3, -0.25) is 14.9 Å². The molecular weight excluding hydrogens is 440 g/mol. The van der Waals surface area contributed by atoms with Crippen molar-refractivity contribution in [1.82, 2.24) is 0 Å². The Hall–Kier alpha value is -0.450. The third kappa shape index (κ3) is 3.54. The number of nitro benzene ring substituents is 1. The van der Waals surface area contributed by atoms with E-state index >= 15 is 0 Å². The molecule has 0 aliphatic carbocycles. The number of non-ortho nitro benzene ring substituents is 1. The average molecular weight is 447 g/mol. The second-order valence-corrected chi connectivity index (χ2v) is 5.31. The molecule has 0 aliphatic rings. The summed E-state index contributed by atoms with van der Waals surface area (Å²) in [4.78, 5) is 20.9. The molecular formula is C9H7I2NO4. The minimum absolute atomic E-state index is 0.0176. The van der Waals surface area contributed by atoms with E-state index in [1.54, 1.807) is 0 Å². The maximum absolute atomic E-state index is 10.8. The normalized spacial score (nSPS) is 9.94. The quantitative estimate of drug-likeness (QED) is 0.405. The number of halogens is 2. The summed E-state index contributed by atoms with van der Waals surface area (Å²) < 4.78 is 6.52. The highest BCUT2D eigenvalue weighted by molar-refractivity contribution is 14.1. The number of benzene rings is 1. The van der Waals surface area contributed by atoms with Gasteiger partial charge >= 0.3 is 0 Å². The predicted octanol–water partition coefficient (Wildman–Crippen LogP) is 2.77. The van der Waals surface area contributed by atoms with Crippen molar-refractivity contribution in [2.24, 2.45) is 0 Å². The van der Waals surface area contributed by atoms with Crippen LogP contribution in [0, 0.1) is 17.3 Å². The summed E-state index contributed by atoms with van der Waals surface area (Å²) in [6.45, 7) is 1.40. The van der Waals surface area contributed by atoms with Crippen molar-refractivity contribution in [3.8, 4) is 5.75 Å². The largest absolute Gasteiger partial charge is 0.484 e. The van der Waals surface area contributed by atoms with Crippen LogP contribution < -0.4 is 4.74 Å². The molecule has 86 valence electrons. The van der Waals surface area contributed by atoms with E-state index in [1.807, 2.05) is 45.2 Å². The Balaban J connectivity index is 3.03. The Bertz CT molecular complexity index is 424. The lowest BCUT2D eigenvalue weighted by atomic mass is 10.3. The highest BCUT2D eigenvalue weighted by Crippen LogP contribution is 2.31. The molecule has 7 heteroatoms. The van der Waals surface area contributed by atoms with Crippen LogP contribution in [0.15, 0.2) is 12.1 Å². The highest BCUT2D eigenvalue weighted by Gasteiger charge is 2.15. The number of carbonyl (C=O) groups excluding carboxylic acids is 1. The van der Waals surface area contributed by atoms with Crippen LogP contribution in [0.4, 0.5) is 5.69 Å². The van der Waals surface area contributed by atoms with Crippen LogP contribution in [0.3, 0.4) is 0 Å². The van der Waals surface area contributed by atoms with E-state index in [0.717, 1.165) is 0 Å². The summed E-state index contributed by atoms with van der Waals surface area (Å²) >= 11 is 3.89. The van der Waals surface area contributed by atoms with Gasteiger partial charge in [-0.05, 0) is 52.1 Å². The number of Topliss-reactive ketones (excluding diaryl/α,β-unsaturated/α-hetero) is 1. The molecule has 0 amide bonds. The molecule has 0 aliphatic heterocycles. The number of nitrogens with zero attached hydrogens (tertiary/aromatic N) is 1. The molecule has 0 radical (unpaired) electrons. The van der Waals surface area contributed by atoms with Crippen LogP contribution in [-0.4, -0.2) is 17.3 Å². The smallest absolute Gasteiger partial charge is 0.271 e. The Morgan fingerprint density at radius 3 is 2.31 bits per heavy atom. The molecule has 0 aromatic heterocycles. The molecule has 0 bridgehead atoms. The fourth-order valence-electron chi connectivity index (χ4n) is 0.964. The van der Waals surface area contributed by atoms with Gasteiger partial charge in [0.15, 0.2) is 5.78 Å². The van der Waals surface area contributed by atoms with E-state index in [9.17, 15) is 14.9 Å². The summed E-state index contributed by atoms with van der Waals surface area (Å²) in [6.07, 6.45) is 0. The number of carbonyl (C=O) groups is 1. The van der Waals surface area contributed by atoms with Crippen molar-refractivity contribution in [2.75, 3.05) is 6.61 Å². The number of hydrogen-bond donors (Lipinski definition) is 0. The van der Waals surface area contributed by atoms with Gasteiger partial charge in [0, 0.05) is 12.1 Å². The van der Waals surface area contributed by atoms with Gasteiger partial charge in [0.2, 0.25) is 0 Å². The van der Waals surface area contributed by atoms with Gasteiger partial charge in [0.1, 0.15) is 12.4 Å². The van der Waals surface area contributed by atoms with Crippen molar-refractivity contribution in [2.45, 2.75) is 6.92 Å². The molecule has 0 atom stereocenters. The molecule has 0 spiro atoms. The highest BCUT2D eigenvalue weighted by atomic mass is 127. The van der Waals surface area contributed by atoms with E-state index in [-0.39, 0.29) is 18.1 Å². The first-order chi connectivity index (χ1) is 7.41. The number of rotatable bonds is 4. The standard InChI is InChI=1S/C9H7I2NO4/c1-5(13)4-16-9-7(10)2-6(12(14)15)3-8(9)11/h2-3H,4H2,1H3. The molecule has 5 nitrogen and oxygen atoms in total. The fourth-order valence-corrected chi connectivity index (χ4v) is 3.01. The molecule has 0 heterocycles. The Morgan fingerprint density at radius 2 is 1.94 bits per heavy atom. The van der Waals surface area contributed by atoms with E-state index in [0.29, 0.717) is 12.9 Å². The Morgan fingerprint density at radius 1 is 1.44 bits per heavy atom. The van der Waals surface area contributed by atoms with Gasteiger partial charge in [-0.1, -0.05) is 0 Å². The third-order valence-electron chi connectivity index (χ3n) is 1.61. The van der Waals surface area contributed by atoms with Crippen LogP contribution >= 0.6 is 45.2 Å². The van der Waals surface area contributed by atoms with Crippen molar-refractivity contribution < 1.29 is 14.5 Å². The van der Waals surface area contributed by atoms with Gasteiger partial charge in [0.25, 0.3) is 5.69 Å². The molecule has 0 unspecified atom stereocenters. The zero-order valence-electron chi connectivity index (χ0n) is 8.20. The first kappa shape index (κ1) is 13.6. The maximum atomic E-state index is 10.8. The van der Waals surface area contributed by atoms with E-state index in [1.165, 1.54) is 19.1 Å². The lowest BCUT2D eigenvalue weighted by Gasteiger charge is -2.08. The zero-order valence-corrected chi connectivity index (χ0v) is 12.5. The first-order valence-corrected chi connectivity index (χ1v) is 6.33. The molecule has 0 N–H and O–H groups in total. The van der Waals surface area contributed by atoms with Crippen molar-refractivity contribution in [1.29, 1.82) is 0 Å². The van der Waals surface area contributed by atoms with Crippen molar-refractivity contribution in [3.63, 3.8) is 0 Å². The second kappa shape index (κ2) is 5.75. The molecule has 1 rings (SSSR count). The van der Waals surface area contributed by atoms with Gasteiger partial charge in [-0.2, -0.15) is 0 Å². The van der Waals surface area contributed by atoms with Crippen molar-refractivity contribution in [3.05, 3.63) is 29.4 Å². The van der Waals surface area contributed by atoms with E-state index in [2.05, 4.69) is 0 Å². The maximum Gasteiger partial charge on any atom is 0.271 e. The van der Waals surface area contributed by atoms with Crippen LogP contribution in [-0.2, 0) is 4.79 Å². The minimum Gasteiger partial charge on any atom is -0.484 e. The summed E-state index contributed by atoms with van der Waals surface area (Å²) in [7, 11) is 0. The van der Waals surface area contributed by atoms with E-state index < -0.39 is 4.92 Å². The zero-order chi connectivity index (χ0) is 12.3. The lowest BCUT2D eigenvalue weighted by Crippen LogP contribution is -2.08.